The summed E-state index contributed by atoms with van der Waals surface area (Å²) < 4.78 is 6.90. The molecule has 0 aliphatic heterocycles. The Hall–Kier alpha value is -1.89. The first kappa shape index (κ1) is 17.9. The van der Waals surface area contributed by atoms with Crippen molar-refractivity contribution in [1.82, 2.24) is 0 Å². The molecule has 0 radical (unpaired) electrons. The Labute approximate surface area is 152 Å². The lowest BCUT2D eigenvalue weighted by Gasteiger charge is -2.43. The molecule has 3 rings (SSSR count). The second kappa shape index (κ2) is 7.15. The van der Waals surface area contributed by atoms with Crippen LogP contribution in [0.2, 0.25) is 5.04 Å². The average molecular weight is 350 g/mol. The summed E-state index contributed by atoms with van der Waals surface area (Å²) in [6, 6.07) is 23.8. The van der Waals surface area contributed by atoms with Gasteiger partial charge in [0.15, 0.2) is 0 Å². The van der Waals surface area contributed by atoms with E-state index in [1.54, 1.807) is 0 Å². The molecule has 0 spiro atoms. The van der Waals surface area contributed by atoms with Gasteiger partial charge in [0, 0.05) is 13.0 Å². The Morgan fingerprint density at radius 2 is 1.48 bits per heavy atom. The molecule has 2 nitrogen and oxygen atoms in total. The van der Waals surface area contributed by atoms with Gasteiger partial charge >= 0.3 is 0 Å². The zero-order valence-corrected chi connectivity index (χ0v) is 16.4. The minimum Gasteiger partial charge on any atom is -0.407 e. The first-order chi connectivity index (χ1) is 12.0. The first-order valence-electron chi connectivity index (χ1n) is 9.11. The van der Waals surface area contributed by atoms with Crippen LogP contribution in [0.1, 0.15) is 33.6 Å². The predicted octanol–water partition coefficient (Wildman–Crippen LogP) is 4.11. The van der Waals surface area contributed by atoms with Crippen molar-refractivity contribution < 1.29 is 4.43 Å². The van der Waals surface area contributed by atoms with E-state index in [1.807, 2.05) is 0 Å². The van der Waals surface area contributed by atoms with E-state index in [0.717, 1.165) is 13.0 Å². The quantitative estimate of drug-likeness (QED) is 0.735. The highest BCUT2D eigenvalue weighted by atomic mass is 28.4. The molecule has 25 heavy (non-hydrogen) atoms. The Kier molecular flexibility index (Phi) is 5.13. The maximum absolute atomic E-state index is 8.93. The Morgan fingerprint density at radius 1 is 0.960 bits per heavy atom. The van der Waals surface area contributed by atoms with Crippen LogP contribution in [0.15, 0.2) is 60.7 Å². The second-order valence-corrected chi connectivity index (χ2v) is 12.4. The van der Waals surface area contributed by atoms with Crippen LogP contribution in [0.4, 0.5) is 0 Å². The lowest BCUT2D eigenvalue weighted by atomic mass is 10.2. The fourth-order valence-electron chi connectivity index (χ4n) is 3.88. The molecule has 2 aromatic carbocycles. The Morgan fingerprint density at radius 3 is 1.92 bits per heavy atom. The van der Waals surface area contributed by atoms with E-state index in [2.05, 4.69) is 87.5 Å². The van der Waals surface area contributed by atoms with Crippen molar-refractivity contribution in [2.24, 2.45) is 11.8 Å². The number of rotatable bonds is 6. The van der Waals surface area contributed by atoms with Crippen LogP contribution < -0.4 is 10.4 Å². The van der Waals surface area contributed by atoms with E-state index in [-0.39, 0.29) is 5.04 Å². The third-order valence-corrected chi connectivity index (χ3v) is 10.4. The fraction of sp³-hybridized carbons (Fsp3) is 0.409. The monoisotopic (exact) mass is 349 g/mol. The lowest BCUT2D eigenvalue weighted by Crippen LogP contribution is -2.66. The van der Waals surface area contributed by atoms with Crippen molar-refractivity contribution in [3.63, 3.8) is 0 Å². The minimum atomic E-state index is -2.41. The second-order valence-electron chi connectivity index (χ2n) is 8.09. The largest absolute Gasteiger partial charge is 0.407 e. The number of nitriles is 1. The maximum Gasteiger partial charge on any atom is 0.261 e. The molecular weight excluding hydrogens is 322 g/mol. The zero-order chi connectivity index (χ0) is 17.9. The van der Waals surface area contributed by atoms with Gasteiger partial charge in [-0.2, -0.15) is 5.26 Å². The molecule has 3 heteroatoms. The van der Waals surface area contributed by atoms with E-state index in [4.69, 9.17) is 9.69 Å². The number of nitrogens with zero attached hydrogens (tertiary/aromatic N) is 1. The van der Waals surface area contributed by atoms with E-state index in [9.17, 15) is 0 Å². The molecule has 0 aromatic heterocycles. The predicted molar refractivity (Wildman–Crippen MR) is 105 cm³/mol. The summed E-state index contributed by atoms with van der Waals surface area (Å²) in [6.07, 6.45) is 1.79. The highest BCUT2D eigenvalue weighted by molar-refractivity contribution is 6.99. The summed E-state index contributed by atoms with van der Waals surface area (Å²) in [5.41, 5.74) is 0. The highest BCUT2D eigenvalue weighted by Gasteiger charge is 2.51. The third-order valence-electron chi connectivity index (χ3n) is 5.35. The molecule has 0 unspecified atom stereocenters. The smallest absolute Gasteiger partial charge is 0.261 e. The van der Waals surface area contributed by atoms with Gasteiger partial charge in [0.05, 0.1) is 6.07 Å². The van der Waals surface area contributed by atoms with Crippen LogP contribution in [0.5, 0.6) is 0 Å². The van der Waals surface area contributed by atoms with Crippen molar-refractivity contribution in [2.45, 2.75) is 38.7 Å². The van der Waals surface area contributed by atoms with E-state index in [1.165, 1.54) is 10.4 Å². The van der Waals surface area contributed by atoms with Crippen LogP contribution in [0.25, 0.3) is 0 Å². The molecule has 130 valence electrons. The summed E-state index contributed by atoms with van der Waals surface area (Å²) in [6.45, 7) is 7.68. The zero-order valence-electron chi connectivity index (χ0n) is 15.4. The molecule has 1 fully saturated rings. The van der Waals surface area contributed by atoms with Crippen LogP contribution >= 0.6 is 0 Å². The fourth-order valence-corrected chi connectivity index (χ4v) is 8.49. The van der Waals surface area contributed by atoms with Crippen LogP contribution in [0, 0.1) is 23.2 Å². The van der Waals surface area contributed by atoms with Gasteiger partial charge in [-0.15, -0.1) is 0 Å². The third kappa shape index (κ3) is 3.56. The van der Waals surface area contributed by atoms with Crippen molar-refractivity contribution >= 4 is 18.7 Å². The van der Waals surface area contributed by atoms with E-state index >= 15 is 0 Å². The van der Waals surface area contributed by atoms with Gasteiger partial charge < -0.3 is 4.43 Å². The molecule has 0 N–H and O–H groups in total. The normalized spacial score (nSPS) is 20.1. The van der Waals surface area contributed by atoms with Gasteiger partial charge in [-0.05, 0) is 33.7 Å². The van der Waals surface area contributed by atoms with Gasteiger partial charge in [-0.3, -0.25) is 0 Å². The van der Waals surface area contributed by atoms with E-state index < -0.39 is 8.32 Å². The number of hydrogen-bond acceptors (Lipinski definition) is 2. The SMILES string of the molecule is CC(C)(C)[Si](OC[C@H]1C[C@@H]1CC#N)(c1ccccc1)c1ccccc1. The average Bonchev–Trinajstić information content (AvgIpc) is 3.35. The minimum absolute atomic E-state index is 0.0231. The molecule has 1 saturated carbocycles. The summed E-state index contributed by atoms with van der Waals surface area (Å²) in [7, 11) is -2.41. The summed E-state index contributed by atoms with van der Waals surface area (Å²) in [4.78, 5) is 0. The summed E-state index contributed by atoms with van der Waals surface area (Å²) in [5.74, 6) is 1.07. The van der Waals surface area contributed by atoms with Gasteiger partial charge in [0.25, 0.3) is 8.32 Å². The highest BCUT2D eigenvalue weighted by Crippen LogP contribution is 2.43. The van der Waals surface area contributed by atoms with Crippen molar-refractivity contribution in [3.8, 4) is 6.07 Å². The Balaban J connectivity index is 1.99. The van der Waals surface area contributed by atoms with E-state index in [0.29, 0.717) is 18.3 Å². The van der Waals surface area contributed by atoms with Gasteiger partial charge in [-0.1, -0.05) is 81.4 Å². The molecule has 1 aliphatic rings. The Bertz CT molecular complexity index is 691. The van der Waals surface area contributed by atoms with Crippen molar-refractivity contribution in [3.05, 3.63) is 60.7 Å². The molecule has 1 aliphatic carbocycles. The van der Waals surface area contributed by atoms with Crippen LogP contribution in [-0.4, -0.2) is 14.9 Å². The maximum atomic E-state index is 8.93. The molecule has 0 saturated heterocycles. The first-order valence-corrected chi connectivity index (χ1v) is 11.0. The van der Waals surface area contributed by atoms with Crippen LogP contribution in [-0.2, 0) is 4.43 Å². The molecular formula is C22H27NOSi. The molecule has 2 atom stereocenters. The van der Waals surface area contributed by atoms with Gasteiger partial charge in [0.1, 0.15) is 0 Å². The molecule has 0 amide bonds. The number of benzene rings is 2. The van der Waals surface area contributed by atoms with Crippen molar-refractivity contribution in [1.29, 1.82) is 5.26 Å². The van der Waals surface area contributed by atoms with Crippen LogP contribution in [0.3, 0.4) is 0 Å². The summed E-state index contributed by atoms with van der Waals surface area (Å²) in [5, 5.41) is 11.6. The number of hydrogen-bond donors (Lipinski definition) is 0. The molecule has 0 heterocycles. The standard InChI is InChI=1S/C22H27NOSi/c1-22(2,3)25(20-10-6-4-7-11-20,21-12-8-5-9-13-21)24-17-19-16-18(19)14-15-23/h4-13,18-19H,14,16-17H2,1-3H3/t18-,19+/m0/s1. The molecule has 0 bridgehead atoms. The molecule has 2 aromatic rings. The van der Waals surface area contributed by atoms with Gasteiger partial charge in [-0.25, -0.2) is 0 Å². The van der Waals surface area contributed by atoms with Gasteiger partial charge in [0.2, 0.25) is 0 Å². The summed E-state index contributed by atoms with van der Waals surface area (Å²) >= 11 is 0. The van der Waals surface area contributed by atoms with Crippen molar-refractivity contribution in [2.75, 3.05) is 6.61 Å². The lowest BCUT2D eigenvalue weighted by molar-refractivity contribution is 0.274. The topological polar surface area (TPSA) is 33.0 Å².